The molecule has 0 saturated carbocycles. The summed E-state index contributed by atoms with van der Waals surface area (Å²) in [6.45, 7) is 1.46. The second-order valence-electron chi connectivity index (χ2n) is 5.05. The summed E-state index contributed by atoms with van der Waals surface area (Å²) >= 11 is 9.36. The molecule has 7 heteroatoms. The van der Waals surface area contributed by atoms with Crippen molar-refractivity contribution in [3.8, 4) is 11.5 Å². The maximum Gasteiger partial charge on any atom is 0.262 e. The van der Waals surface area contributed by atoms with Crippen LogP contribution in [-0.2, 0) is 11.4 Å². The number of aliphatic hydroxyl groups is 1. The Bertz CT molecular complexity index is 752. The molecule has 2 aromatic carbocycles. The van der Waals surface area contributed by atoms with E-state index in [2.05, 4.69) is 21.2 Å². The Morgan fingerprint density at radius 2 is 2.04 bits per heavy atom. The molecule has 0 heterocycles. The first kappa shape index (κ1) is 18.6. The number of hydrogen-bond acceptors (Lipinski definition) is 4. The molecule has 2 aromatic rings. The number of amides is 1. The third kappa shape index (κ3) is 4.63. The lowest BCUT2D eigenvalue weighted by atomic mass is 10.2. The van der Waals surface area contributed by atoms with E-state index in [9.17, 15) is 9.90 Å². The number of rotatable bonds is 6. The monoisotopic (exact) mass is 413 g/mol. The number of benzene rings is 2. The first-order valence-electron chi connectivity index (χ1n) is 7.10. The molecule has 0 aliphatic heterocycles. The number of nitrogens with one attached hydrogen (secondary N) is 1. The summed E-state index contributed by atoms with van der Waals surface area (Å²) in [4.78, 5) is 12.1. The second-order valence-corrected chi connectivity index (χ2v) is 6.37. The van der Waals surface area contributed by atoms with Crippen molar-refractivity contribution in [1.82, 2.24) is 0 Å². The first-order chi connectivity index (χ1) is 11.4. The zero-order chi connectivity index (χ0) is 17.7. The van der Waals surface area contributed by atoms with Crippen LogP contribution in [0.3, 0.4) is 0 Å². The number of carbonyl (C=O) groups is 1. The van der Waals surface area contributed by atoms with Gasteiger partial charge in [-0.2, -0.15) is 0 Å². The molecule has 0 aliphatic rings. The van der Waals surface area contributed by atoms with Gasteiger partial charge in [-0.25, -0.2) is 0 Å². The molecule has 0 aromatic heterocycles. The smallest absolute Gasteiger partial charge is 0.262 e. The van der Waals surface area contributed by atoms with Gasteiger partial charge in [0.2, 0.25) is 0 Å². The Labute approximate surface area is 153 Å². The second kappa shape index (κ2) is 8.37. The maximum absolute atomic E-state index is 12.1. The predicted octanol–water partition coefficient (Wildman–Crippen LogP) is 3.93. The standard InChI is InChI=1S/C17H17BrClNO4/c1-10-5-14(16(23-2)7-13(10)19)20-17(22)9-24-15-4-3-12(18)6-11(15)8-21/h3-7,21H,8-9H2,1-2H3,(H,20,22). The van der Waals surface area contributed by atoms with Crippen molar-refractivity contribution in [2.45, 2.75) is 13.5 Å². The predicted molar refractivity (Wildman–Crippen MR) is 96.9 cm³/mol. The summed E-state index contributed by atoms with van der Waals surface area (Å²) in [5.41, 5.74) is 1.94. The zero-order valence-electron chi connectivity index (χ0n) is 13.2. The van der Waals surface area contributed by atoms with Crippen molar-refractivity contribution in [2.24, 2.45) is 0 Å². The Balaban J connectivity index is 2.05. The van der Waals surface area contributed by atoms with Gasteiger partial charge in [-0.3, -0.25) is 4.79 Å². The van der Waals surface area contributed by atoms with Gasteiger partial charge in [0, 0.05) is 21.1 Å². The summed E-state index contributed by atoms with van der Waals surface area (Å²) in [7, 11) is 1.50. The topological polar surface area (TPSA) is 67.8 Å². The highest BCUT2D eigenvalue weighted by Gasteiger charge is 2.12. The third-order valence-electron chi connectivity index (χ3n) is 3.31. The van der Waals surface area contributed by atoms with E-state index in [4.69, 9.17) is 21.1 Å². The number of aryl methyl sites for hydroxylation is 1. The van der Waals surface area contributed by atoms with Crippen molar-refractivity contribution < 1.29 is 19.4 Å². The number of hydrogen-bond donors (Lipinski definition) is 2. The van der Waals surface area contributed by atoms with Crippen LogP contribution in [0.5, 0.6) is 11.5 Å². The maximum atomic E-state index is 12.1. The SMILES string of the molecule is COc1cc(Cl)c(C)cc1NC(=O)COc1ccc(Br)cc1CO. The van der Waals surface area contributed by atoms with Crippen LogP contribution in [0.15, 0.2) is 34.8 Å². The van der Waals surface area contributed by atoms with E-state index in [1.807, 2.05) is 6.92 Å². The van der Waals surface area contributed by atoms with Crippen molar-refractivity contribution in [3.63, 3.8) is 0 Å². The van der Waals surface area contributed by atoms with Crippen molar-refractivity contribution in [3.05, 3.63) is 51.0 Å². The molecule has 0 bridgehead atoms. The minimum absolute atomic E-state index is 0.180. The van der Waals surface area contributed by atoms with E-state index in [1.54, 1.807) is 30.3 Å². The van der Waals surface area contributed by atoms with Crippen molar-refractivity contribution in [2.75, 3.05) is 19.0 Å². The van der Waals surface area contributed by atoms with Crippen LogP contribution >= 0.6 is 27.5 Å². The molecular weight excluding hydrogens is 398 g/mol. The van der Waals surface area contributed by atoms with Gasteiger partial charge in [0.15, 0.2) is 6.61 Å². The molecule has 0 unspecified atom stereocenters. The Morgan fingerprint density at radius 1 is 1.29 bits per heavy atom. The van der Waals surface area contributed by atoms with Crippen molar-refractivity contribution >= 4 is 39.1 Å². The number of carbonyl (C=O) groups excluding carboxylic acids is 1. The average molecular weight is 415 g/mol. The summed E-state index contributed by atoms with van der Waals surface area (Å²) in [6.07, 6.45) is 0. The molecule has 5 nitrogen and oxygen atoms in total. The molecule has 0 fully saturated rings. The van der Waals surface area contributed by atoms with Crippen LogP contribution < -0.4 is 14.8 Å². The largest absolute Gasteiger partial charge is 0.495 e. The van der Waals surface area contributed by atoms with Gasteiger partial charge >= 0.3 is 0 Å². The van der Waals surface area contributed by atoms with E-state index in [0.717, 1.165) is 10.0 Å². The first-order valence-corrected chi connectivity index (χ1v) is 8.27. The summed E-state index contributed by atoms with van der Waals surface area (Å²) in [6, 6.07) is 8.58. The van der Waals surface area contributed by atoms with Gasteiger partial charge in [-0.15, -0.1) is 0 Å². The molecule has 0 spiro atoms. The lowest BCUT2D eigenvalue weighted by Crippen LogP contribution is -2.21. The highest BCUT2D eigenvalue weighted by atomic mass is 79.9. The van der Waals surface area contributed by atoms with E-state index in [-0.39, 0.29) is 19.1 Å². The van der Waals surface area contributed by atoms with Crippen LogP contribution in [0.1, 0.15) is 11.1 Å². The summed E-state index contributed by atoms with van der Waals surface area (Å²) in [5.74, 6) is 0.579. The molecule has 0 radical (unpaired) electrons. The Hall–Kier alpha value is -1.76. The molecule has 0 aliphatic carbocycles. The molecule has 2 N–H and O–H groups in total. The van der Waals surface area contributed by atoms with Gasteiger partial charge in [0.25, 0.3) is 5.91 Å². The van der Waals surface area contributed by atoms with Gasteiger partial charge in [-0.1, -0.05) is 27.5 Å². The zero-order valence-corrected chi connectivity index (χ0v) is 15.6. The lowest BCUT2D eigenvalue weighted by Gasteiger charge is -2.13. The van der Waals surface area contributed by atoms with E-state index >= 15 is 0 Å². The molecule has 2 rings (SSSR count). The fourth-order valence-electron chi connectivity index (χ4n) is 2.07. The van der Waals surface area contributed by atoms with E-state index in [1.165, 1.54) is 7.11 Å². The van der Waals surface area contributed by atoms with E-state index in [0.29, 0.717) is 27.8 Å². The molecular formula is C17H17BrClNO4. The molecule has 24 heavy (non-hydrogen) atoms. The fourth-order valence-corrected chi connectivity index (χ4v) is 2.63. The minimum Gasteiger partial charge on any atom is -0.495 e. The normalized spacial score (nSPS) is 10.4. The average Bonchev–Trinajstić information content (AvgIpc) is 2.56. The molecule has 0 saturated heterocycles. The van der Waals surface area contributed by atoms with Gasteiger partial charge < -0.3 is 19.9 Å². The summed E-state index contributed by atoms with van der Waals surface area (Å²) < 4.78 is 11.5. The number of halogens is 2. The van der Waals surface area contributed by atoms with Gasteiger partial charge in [-0.05, 0) is 36.8 Å². The quantitative estimate of drug-likeness (QED) is 0.751. The Morgan fingerprint density at radius 3 is 2.71 bits per heavy atom. The van der Waals surface area contributed by atoms with Crippen LogP contribution in [0.25, 0.3) is 0 Å². The highest BCUT2D eigenvalue weighted by Crippen LogP contribution is 2.31. The van der Waals surface area contributed by atoms with Crippen molar-refractivity contribution in [1.29, 1.82) is 0 Å². The minimum atomic E-state index is -0.346. The summed E-state index contributed by atoms with van der Waals surface area (Å²) in [5, 5.41) is 12.6. The number of methoxy groups -OCH3 is 1. The Kier molecular flexibility index (Phi) is 6.48. The fraction of sp³-hybridized carbons (Fsp3) is 0.235. The number of ether oxygens (including phenoxy) is 2. The lowest BCUT2D eigenvalue weighted by molar-refractivity contribution is -0.118. The molecule has 128 valence electrons. The van der Waals surface area contributed by atoms with Crippen LogP contribution in [0, 0.1) is 6.92 Å². The van der Waals surface area contributed by atoms with Gasteiger partial charge in [0.1, 0.15) is 11.5 Å². The van der Waals surface area contributed by atoms with Gasteiger partial charge in [0.05, 0.1) is 19.4 Å². The number of aliphatic hydroxyl groups excluding tert-OH is 1. The highest BCUT2D eigenvalue weighted by molar-refractivity contribution is 9.10. The third-order valence-corrected chi connectivity index (χ3v) is 4.21. The number of anilines is 1. The molecule has 0 atom stereocenters. The van der Waals surface area contributed by atoms with E-state index < -0.39 is 0 Å². The van der Waals surface area contributed by atoms with Crippen LogP contribution in [0.4, 0.5) is 5.69 Å². The molecule has 1 amide bonds. The van der Waals surface area contributed by atoms with Crippen LogP contribution in [-0.4, -0.2) is 24.7 Å². The van der Waals surface area contributed by atoms with Crippen LogP contribution in [0.2, 0.25) is 5.02 Å².